The van der Waals surface area contributed by atoms with Crippen LogP contribution in [0.1, 0.15) is 44.6 Å². The van der Waals surface area contributed by atoms with Crippen LogP contribution in [-0.4, -0.2) is 75.2 Å². The molecule has 0 aromatic heterocycles. The smallest absolute Gasteiger partial charge is 0.226 e. The first kappa shape index (κ1) is 21.6. The average molecular weight is 414 g/mol. The fourth-order valence-corrected chi connectivity index (χ4v) is 5.53. The number of likely N-dealkylation sites (tertiary alicyclic amines) is 2. The zero-order valence-corrected chi connectivity index (χ0v) is 19.1. The van der Waals surface area contributed by atoms with E-state index in [2.05, 4.69) is 45.9 Å². The van der Waals surface area contributed by atoms with Gasteiger partial charge in [0.15, 0.2) is 0 Å². The molecule has 30 heavy (non-hydrogen) atoms. The molecule has 1 spiro atoms. The Kier molecular flexibility index (Phi) is 6.69. The zero-order chi connectivity index (χ0) is 21.1. The molecule has 0 N–H and O–H groups in total. The van der Waals surface area contributed by atoms with E-state index in [1.807, 2.05) is 14.1 Å². The summed E-state index contributed by atoms with van der Waals surface area (Å²) in [4.78, 5) is 19.6. The molecule has 0 bridgehead atoms. The summed E-state index contributed by atoms with van der Waals surface area (Å²) < 4.78 is 6.26. The van der Waals surface area contributed by atoms with Gasteiger partial charge >= 0.3 is 0 Å². The van der Waals surface area contributed by atoms with Crippen LogP contribution >= 0.6 is 0 Å². The molecular formula is C25H39N3O2. The maximum Gasteiger partial charge on any atom is 0.226 e. The number of anilines is 1. The van der Waals surface area contributed by atoms with Crippen molar-refractivity contribution in [2.24, 2.45) is 11.3 Å². The molecule has 0 aliphatic carbocycles. The number of benzene rings is 1. The molecule has 3 fully saturated rings. The number of carbonyl (C=O) groups is 1. The minimum Gasteiger partial charge on any atom is -0.378 e. The molecule has 3 aliphatic heterocycles. The summed E-state index contributed by atoms with van der Waals surface area (Å²) in [5.74, 6) is 1.09. The van der Waals surface area contributed by atoms with Crippen LogP contribution in [-0.2, 0) is 16.0 Å². The van der Waals surface area contributed by atoms with E-state index in [9.17, 15) is 4.79 Å². The fraction of sp³-hybridized carbons (Fsp3) is 0.720. The molecule has 3 heterocycles. The van der Waals surface area contributed by atoms with Crippen molar-refractivity contribution in [2.75, 3.05) is 58.3 Å². The highest BCUT2D eigenvalue weighted by Crippen LogP contribution is 2.42. The third kappa shape index (κ3) is 5.17. The van der Waals surface area contributed by atoms with Gasteiger partial charge < -0.3 is 19.4 Å². The predicted molar refractivity (Wildman–Crippen MR) is 122 cm³/mol. The number of hydrogen-bond donors (Lipinski definition) is 0. The summed E-state index contributed by atoms with van der Waals surface area (Å²) >= 11 is 0. The molecule has 1 aromatic carbocycles. The second-order valence-corrected chi connectivity index (χ2v) is 10.3. The third-order valence-corrected chi connectivity index (χ3v) is 7.47. The van der Waals surface area contributed by atoms with E-state index in [1.54, 1.807) is 0 Å². The number of carbonyl (C=O) groups excluding carboxylic acids is 1. The molecule has 0 unspecified atom stereocenters. The molecular weight excluding hydrogens is 374 g/mol. The number of nitrogens with zero attached hydrogens (tertiary/aromatic N) is 3. The number of piperidine rings is 2. The Bertz CT molecular complexity index is 710. The van der Waals surface area contributed by atoms with E-state index in [0.717, 1.165) is 50.6 Å². The van der Waals surface area contributed by atoms with E-state index in [0.29, 0.717) is 17.9 Å². The molecule has 5 heteroatoms. The second-order valence-electron chi connectivity index (χ2n) is 10.3. The van der Waals surface area contributed by atoms with Gasteiger partial charge in [-0.15, -0.1) is 0 Å². The first-order valence-corrected chi connectivity index (χ1v) is 11.8. The number of rotatable bonds is 5. The normalized spacial score (nSPS) is 26.8. The minimum absolute atomic E-state index is 0.264. The first-order valence-electron chi connectivity index (χ1n) is 11.8. The Hall–Kier alpha value is -1.59. The molecule has 3 saturated heterocycles. The number of hydrogen-bond acceptors (Lipinski definition) is 4. The fourth-order valence-electron chi connectivity index (χ4n) is 5.53. The molecule has 2 atom stereocenters. The van der Waals surface area contributed by atoms with Gasteiger partial charge in [-0.25, -0.2) is 0 Å². The Morgan fingerprint density at radius 1 is 1.17 bits per heavy atom. The summed E-state index contributed by atoms with van der Waals surface area (Å²) in [7, 11) is 4.07. The van der Waals surface area contributed by atoms with Crippen LogP contribution in [0.25, 0.3) is 0 Å². The highest BCUT2D eigenvalue weighted by Gasteiger charge is 2.43. The zero-order valence-electron chi connectivity index (χ0n) is 19.1. The van der Waals surface area contributed by atoms with Crippen molar-refractivity contribution in [3.05, 3.63) is 29.8 Å². The predicted octanol–water partition coefficient (Wildman–Crippen LogP) is 3.42. The molecule has 0 radical (unpaired) electrons. The highest BCUT2D eigenvalue weighted by molar-refractivity contribution is 5.79. The van der Waals surface area contributed by atoms with E-state index in [1.165, 1.54) is 38.0 Å². The molecule has 166 valence electrons. The van der Waals surface area contributed by atoms with Gasteiger partial charge in [-0.2, -0.15) is 0 Å². The molecule has 5 nitrogen and oxygen atoms in total. The van der Waals surface area contributed by atoms with Gasteiger partial charge in [-0.05, 0) is 67.7 Å². The molecule has 1 aromatic rings. The van der Waals surface area contributed by atoms with Crippen LogP contribution in [0.15, 0.2) is 24.3 Å². The third-order valence-electron chi connectivity index (χ3n) is 7.47. The lowest BCUT2D eigenvalue weighted by atomic mass is 9.76. The van der Waals surface area contributed by atoms with E-state index in [-0.39, 0.29) is 5.91 Å². The quantitative estimate of drug-likeness (QED) is 0.741. The topological polar surface area (TPSA) is 36.0 Å². The lowest BCUT2D eigenvalue weighted by Gasteiger charge is -2.39. The highest BCUT2D eigenvalue weighted by atomic mass is 16.5. The van der Waals surface area contributed by atoms with Gasteiger partial charge in [0.25, 0.3) is 0 Å². The average Bonchev–Trinajstić information content (AvgIpc) is 3.10. The van der Waals surface area contributed by atoms with E-state index >= 15 is 0 Å². The largest absolute Gasteiger partial charge is 0.378 e. The van der Waals surface area contributed by atoms with Gasteiger partial charge in [0, 0.05) is 46.0 Å². The van der Waals surface area contributed by atoms with Gasteiger partial charge in [-0.3, -0.25) is 4.79 Å². The van der Waals surface area contributed by atoms with Crippen LogP contribution in [0.4, 0.5) is 5.69 Å². The Labute approximate surface area is 182 Å². The summed E-state index contributed by atoms with van der Waals surface area (Å²) in [6.45, 7) is 8.57. The summed E-state index contributed by atoms with van der Waals surface area (Å²) in [6.07, 6.45) is 6.94. The molecule has 1 amide bonds. The SMILES string of the molecule is C[C@H]1CCCN(C[C@@H]2CC3(CCN(C(=O)Cc4ccc(N(C)C)cc4)CC3)CO2)C1. The maximum absolute atomic E-state index is 12.8. The Morgan fingerprint density at radius 2 is 1.90 bits per heavy atom. The maximum atomic E-state index is 12.8. The van der Waals surface area contributed by atoms with Gasteiger partial charge in [-0.1, -0.05) is 19.1 Å². The lowest BCUT2D eigenvalue weighted by Crippen LogP contribution is -2.44. The van der Waals surface area contributed by atoms with Crippen molar-refractivity contribution in [3.8, 4) is 0 Å². The summed E-state index contributed by atoms with van der Waals surface area (Å²) in [5, 5.41) is 0. The number of amides is 1. The second kappa shape index (κ2) is 9.27. The lowest BCUT2D eigenvalue weighted by molar-refractivity contribution is -0.132. The van der Waals surface area contributed by atoms with Crippen molar-refractivity contribution in [1.82, 2.24) is 9.80 Å². The van der Waals surface area contributed by atoms with Crippen molar-refractivity contribution >= 4 is 11.6 Å². The van der Waals surface area contributed by atoms with Crippen molar-refractivity contribution in [2.45, 2.75) is 51.6 Å². The Balaban J connectivity index is 1.24. The van der Waals surface area contributed by atoms with Crippen molar-refractivity contribution < 1.29 is 9.53 Å². The number of ether oxygens (including phenoxy) is 1. The van der Waals surface area contributed by atoms with Crippen molar-refractivity contribution in [3.63, 3.8) is 0 Å². The standard InChI is InChI=1S/C25H39N3O2/c1-20-5-4-12-27(17-20)18-23-16-25(19-30-23)10-13-28(14-11-25)24(29)15-21-6-8-22(9-7-21)26(2)3/h6-9,20,23H,4-5,10-19H2,1-3H3/t20-,23-/m0/s1. The van der Waals surface area contributed by atoms with E-state index in [4.69, 9.17) is 4.74 Å². The van der Waals surface area contributed by atoms with Crippen LogP contribution < -0.4 is 4.90 Å². The van der Waals surface area contributed by atoms with Gasteiger partial charge in [0.2, 0.25) is 5.91 Å². The van der Waals surface area contributed by atoms with E-state index < -0.39 is 0 Å². The van der Waals surface area contributed by atoms with Crippen LogP contribution in [0.2, 0.25) is 0 Å². The van der Waals surface area contributed by atoms with Crippen molar-refractivity contribution in [1.29, 1.82) is 0 Å². The van der Waals surface area contributed by atoms with Crippen LogP contribution in [0.3, 0.4) is 0 Å². The summed E-state index contributed by atoms with van der Waals surface area (Å²) in [6, 6.07) is 8.34. The molecule has 3 aliphatic rings. The molecule has 4 rings (SSSR count). The molecule has 0 saturated carbocycles. The summed E-state index contributed by atoms with van der Waals surface area (Å²) in [5.41, 5.74) is 2.57. The van der Waals surface area contributed by atoms with Crippen LogP contribution in [0.5, 0.6) is 0 Å². The van der Waals surface area contributed by atoms with Gasteiger partial charge in [0.05, 0.1) is 19.1 Å². The van der Waals surface area contributed by atoms with Gasteiger partial charge in [0.1, 0.15) is 0 Å². The first-order chi connectivity index (χ1) is 14.4. The minimum atomic E-state index is 0.264. The monoisotopic (exact) mass is 413 g/mol. The Morgan fingerprint density at radius 3 is 2.57 bits per heavy atom. The van der Waals surface area contributed by atoms with Crippen LogP contribution in [0, 0.1) is 11.3 Å².